The Bertz CT molecular complexity index is 1660. The first kappa shape index (κ1) is 53.5. The van der Waals surface area contributed by atoms with Gasteiger partial charge in [-0.25, -0.2) is 9.56 Å². The molecule has 5 aliphatic heterocycles. The summed E-state index contributed by atoms with van der Waals surface area (Å²) in [6.45, 7) is -1.89. The zero-order chi connectivity index (χ0) is 48.2. The van der Waals surface area contributed by atoms with Crippen LogP contribution in [0.2, 0.25) is 0 Å². The van der Waals surface area contributed by atoms with Crippen LogP contribution in [0.5, 0.6) is 0 Å². The molecule has 5 rings (SSSR count). The number of aliphatic hydroxyl groups excluding tert-OH is 11. The number of rotatable bonds is 8. The Hall–Kier alpha value is -2.44. The van der Waals surface area contributed by atoms with Crippen LogP contribution in [0.3, 0.4) is 0 Å². The Morgan fingerprint density at radius 2 is 1.22 bits per heavy atom. The molecule has 5 saturated heterocycles. The van der Waals surface area contributed by atoms with Crippen molar-refractivity contribution >= 4 is 25.6 Å². The van der Waals surface area contributed by atoms with Gasteiger partial charge in [-0.15, -0.1) is 0 Å². The zero-order valence-electron chi connectivity index (χ0n) is 35.0. The van der Waals surface area contributed by atoms with E-state index < -0.39 is 200 Å². The number of carbonyl (C=O) groups is 2. The molecule has 0 spiro atoms. The van der Waals surface area contributed by atoms with E-state index in [1.54, 1.807) is 0 Å². The molecule has 5 fully saturated rings. The molecule has 24 atom stereocenters. The lowest BCUT2D eigenvalue weighted by Gasteiger charge is -2.51. The predicted octanol–water partition coefficient (Wildman–Crippen LogP) is -9.89. The van der Waals surface area contributed by atoms with Crippen LogP contribution >= 0.6 is 7.82 Å². The topological polar surface area (TPSA) is 475 Å². The number of aliphatic imine (C=N–C) groups is 1. The van der Waals surface area contributed by atoms with Crippen LogP contribution in [-0.4, -0.2) is 253 Å². The van der Waals surface area contributed by atoms with Crippen molar-refractivity contribution in [3.8, 4) is 0 Å². The lowest BCUT2D eigenvalue weighted by atomic mass is 9.93. The Morgan fingerprint density at radius 1 is 0.646 bits per heavy atom. The normalized spacial score (nSPS) is 48.0. The third-order valence-electron chi connectivity index (χ3n) is 11.1. The molecular formula is C34H60N5O25P. The number of aliphatic hydroxyl groups is 11. The van der Waals surface area contributed by atoms with E-state index in [2.05, 4.69) is 15.6 Å². The summed E-state index contributed by atoms with van der Waals surface area (Å²) in [5.41, 5.74) is 11.6. The first-order valence-corrected chi connectivity index (χ1v) is 21.8. The second kappa shape index (κ2) is 22.8. The van der Waals surface area contributed by atoms with Crippen LogP contribution in [-0.2, 0) is 61.1 Å². The first-order chi connectivity index (χ1) is 30.5. The number of nitrogens with two attached hydrogens (primary N) is 2. The van der Waals surface area contributed by atoms with Crippen LogP contribution in [0.1, 0.15) is 20.8 Å². The molecule has 0 aromatic rings. The molecular weight excluding hydrogens is 909 g/mol. The molecule has 1 unspecified atom stereocenters. The molecule has 31 heteroatoms. The van der Waals surface area contributed by atoms with Crippen LogP contribution < -0.4 is 22.1 Å². The van der Waals surface area contributed by atoms with E-state index in [0.29, 0.717) is 0 Å². The average molecular weight is 970 g/mol. The maximum atomic E-state index is 13.0. The minimum Gasteiger partial charge on any atom is -0.394 e. The largest absolute Gasteiger partial charge is 0.472 e. The quantitative estimate of drug-likeness (QED) is 0.0610. The molecule has 0 aromatic carbocycles. The number of nitrogens with zero attached hydrogens (tertiary/aromatic N) is 1. The van der Waals surface area contributed by atoms with E-state index in [4.69, 9.17) is 58.4 Å². The third kappa shape index (κ3) is 12.6. The van der Waals surface area contributed by atoms with Crippen molar-refractivity contribution in [2.45, 2.75) is 162 Å². The monoisotopic (exact) mass is 969 g/mol. The number of nitrogens with one attached hydrogen (secondary N) is 2. The number of guanidine groups is 1. The summed E-state index contributed by atoms with van der Waals surface area (Å²) < 4.78 is 70.7. The van der Waals surface area contributed by atoms with Crippen molar-refractivity contribution in [1.82, 2.24) is 10.6 Å². The van der Waals surface area contributed by atoms with Crippen molar-refractivity contribution in [2.75, 3.05) is 33.0 Å². The van der Waals surface area contributed by atoms with E-state index in [1.807, 2.05) is 0 Å². The van der Waals surface area contributed by atoms with Crippen molar-refractivity contribution in [3.63, 3.8) is 0 Å². The maximum absolute atomic E-state index is 13.0. The Kier molecular flexibility index (Phi) is 18.8. The van der Waals surface area contributed by atoms with E-state index in [1.165, 1.54) is 6.92 Å². The predicted molar refractivity (Wildman–Crippen MR) is 206 cm³/mol. The van der Waals surface area contributed by atoms with Crippen LogP contribution in [0.4, 0.5) is 0 Å². The Morgan fingerprint density at radius 3 is 1.82 bits per heavy atom. The Balaban J connectivity index is 1.67. The lowest BCUT2D eigenvalue weighted by Crippen LogP contribution is -2.71. The molecule has 18 N–H and O–H groups in total. The number of phosphoric acid groups is 1. The molecule has 5 heterocycles. The number of phosphoric ester groups is 1. The molecule has 65 heavy (non-hydrogen) atoms. The van der Waals surface area contributed by atoms with Gasteiger partial charge in [-0.2, -0.15) is 0 Å². The van der Waals surface area contributed by atoms with Gasteiger partial charge in [0.25, 0.3) is 0 Å². The minimum absolute atomic E-state index is 0.690. The summed E-state index contributed by atoms with van der Waals surface area (Å²) in [4.78, 5) is 39.8. The van der Waals surface area contributed by atoms with Gasteiger partial charge in [0, 0.05) is 13.8 Å². The van der Waals surface area contributed by atoms with Gasteiger partial charge in [0.05, 0.1) is 39.1 Å². The second-order valence-corrected chi connectivity index (χ2v) is 17.4. The maximum Gasteiger partial charge on any atom is 0.472 e. The van der Waals surface area contributed by atoms with Crippen molar-refractivity contribution in [1.29, 1.82) is 0 Å². The van der Waals surface area contributed by atoms with Crippen molar-refractivity contribution in [2.24, 2.45) is 16.5 Å². The molecule has 30 nitrogen and oxygen atoms in total. The molecule has 0 aliphatic carbocycles. The second-order valence-electron chi connectivity index (χ2n) is 15.9. The molecule has 6 bridgehead atoms. The number of ether oxygens (including phenoxy) is 8. The average Bonchev–Trinajstić information content (AvgIpc) is 3.24. The highest BCUT2D eigenvalue weighted by atomic mass is 31.2. The first-order valence-electron chi connectivity index (χ1n) is 20.3. The van der Waals surface area contributed by atoms with Gasteiger partial charge in [-0.05, 0) is 6.92 Å². The number of carbonyl (C=O) groups excluding carboxylic acids is 2. The lowest BCUT2D eigenvalue weighted by molar-refractivity contribution is -0.371. The van der Waals surface area contributed by atoms with Gasteiger partial charge in [-0.1, -0.05) is 0 Å². The molecule has 376 valence electrons. The standard InChI is InChI=1S/C34H60N5O25P/c1-9-20(46)28-18(39-34(35)36)31(57-9)64-29-19(38-11(3)44)32(60-15(6-42)27(29)62-30-17(37-10(2)43)24(50)22(48)14(5-41)59-30)58-13(4-40)21(47)12(45)7-55-65(53,54)56-8-16-23(49)25(51)26(52)33(61-16)63-28/h9,12-33,40-42,45-52H,4-8H2,1-3H3,(H,37,43)(H,38,44)(H,53,54)(H4,35,36,39)/t9-,12+,13-,14+,15+,16+,17+,18-,19+,20+,21+,22+,23-,24+,25-,26+,27+,28-,29+,30-,31-,32+,33+/m0/s1. The van der Waals surface area contributed by atoms with Crippen LogP contribution in [0.25, 0.3) is 0 Å². The summed E-state index contributed by atoms with van der Waals surface area (Å²) in [5, 5.41) is 124. The fraction of sp³-hybridized carbons (Fsp3) is 0.912. The SMILES string of the molecule is CC(=O)N[C@H]1[C@H](O[C@H]2[C@@H]3O[C@@H]4O[C@@H](C)[C@@H](O)[C@@H](O[C@H]5O[C@H](COP(=O)(O)OC[C@@H](O)[C@@H](O)[C@H](CO)O[C@H](O[C@@H]2CO)[C@@H]3NC(C)=O)[C@H](O)[C@H](O)[C@H]5O)[C@@H]4N=C(N)N)O[C@H](CO)[C@@H](O)[C@@H]1O. The highest BCUT2D eigenvalue weighted by Gasteiger charge is 2.57. The van der Waals surface area contributed by atoms with Gasteiger partial charge in [-0.3, -0.25) is 18.6 Å². The van der Waals surface area contributed by atoms with E-state index in [0.717, 1.165) is 13.8 Å². The number of hydrogen-bond donors (Lipinski definition) is 16. The van der Waals surface area contributed by atoms with Crippen LogP contribution in [0, 0.1) is 0 Å². The van der Waals surface area contributed by atoms with Gasteiger partial charge < -0.3 is 121 Å². The van der Waals surface area contributed by atoms with Gasteiger partial charge in [0.2, 0.25) is 11.8 Å². The summed E-state index contributed by atoms with van der Waals surface area (Å²) in [7, 11) is -5.23. The fourth-order valence-corrected chi connectivity index (χ4v) is 8.55. The summed E-state index contributed by atoms with van der Waals surface area (Å²) in [6.07, 6.45) is -37.5. The molecule has 5 aliphatic rings. The fourth-order valence-electron chi connectivity index (χ4n) is 7.80. The van der Waals surface area contributed by atoms with Gasteiger partial charge in [0.15, 0.2) is 31.1 Å². The Labute approximate surface area is 369 Å². The zero-order valence-corrected chi connectivity index (χ0v) is 35.9. The number of hydrogen-bond acceptors (Lipinski definition) is 25. The summed E-state index contributed by atoms with van der Waals surface area (Å²) in [6, 6.07) is -5.14. The van der Waals surface area contributed by atoms with Crippen molar-refractivity contribution < 1.29 is 122 Å². The van der Waals surface area contributed by atoms with E-state index in [-0.39, 0.29) is 0 Å². The van der Waals surface area contributed by atoms with E-state index >= 15 is 0 Å². The minimum atomic E-state index is -5.23. The van der Waals surface area contributed by atoms with Crippen molar-refractivity contribution in [3.05, 3.63) is 0 Å². The third-order valence-corrected chi connectivity index (χ3v) is 12.1. The molecule has 0 aromatic heterocycles. The highest BCUT2D eigenvalue weighted by molar-refractivity contribution is 7.47. The van der Waals surface area contributed by atoms with Gasteiger partial charge >= 0.3 is 7.82 Å². The molecule has 2 amide bonds. The smallest absolute Gasteiger partial charge is 0.394 e. The number of fused-ring (bicyclic) bond motifs is 6. The molecule has 0 radical (unpaired) electrons. The van der Waals surface area contributed by atoms with Crippen LogP contribution in [0.15, 0.2) is 4.99 Å². The van der Waals surface area contributed by atoms with Gasteiger partial charge in [0.1, 0.15) is 110 Å². The summed E-state index contributed by atoms with van der Waals surface area (Å²) in [5.74, 6) is -2.29. The summed E-state index contributed by atoms with van der Waals surface area (Å²) >= 11 is 0. The number of amides is 2. The molecule has 0 saturated carbocycles. The highest BCUT2D eigenvalue weighted by Crippen LogP contribution is 2.44. The van der Waals surface area contributed by atoms with E-state index in [9.17, 15) is 75.2 Å².